The highest BCUT2D eigenvalue weighted by Gasteiger charge is 2.21. The summed E-state index contributed by atoms with van der Waals surface area (Å²) in [6.45, 7) is 4.90. The van der Waals surface area contributed by atoms with Crippen LogP contribution in [0, 0.1) is 32.4 Å². The van der Waals surface area contributed by atoms with E-state index in [0.717, 1.165) is 23.3 Å². The van der Waals surface area contributed by atoms with Crippen molar-refractivity contribution in [1.82, 2.24) is 0 Å². The molecule has 2 nitrogen and oxygen atoms in total. The molecule has 0 heterocycles. The molecule has 5 heteroatoms. The van der Waals surface area contributed by atoms with Gasteiger partial charge in [0.25, 0.3) is 0 Å². The van der Waals surface area contributed by atoms with E-state index >= 15 is 0 Å². The molecule has 0 saturated carbocycles. The molecule has 0 aliphatic rings. The van der Waals surface area contributed by atoms with Crippen molar-refractivity contribution in [2.75, 3.05) is 0 Å². The Morgan fingerprint density at radius 1 is 0.800 bits per heavy atom. The van der Waals surface area contributed by atoms with Crippen molar-refractivity contribution in [3.8, 4) is 0 Å². The Kier molecular flexibility index (Phi) is 3.65. The zero-order valence-corrected chi connectivity index (χ0v) is 12.2. The number of aryl methyl sites for hydroxylation is 2. The minimum Gasteiger partial charge on any atom is -0.219 e. The maximum Gasteiger partial charge on any atom is 0.206 e. The number of hydrogen-bond donors (Lipinski definition) is 0. The number of rotatable bonds is 2. The fourth-order valence-corrected chi connectivity index (χ4v) is 3.16. The number of sulfone groups is 1. The highest BCUT2D eigenvalue weighted by atomic mass is 32.2. The summed E-state index contributed by atoms with van der Waals surface area (Å²) in [5.41, 5.74) is 1.56. The van der Waals surface area contributed by atoms with E-state index in [0.29, 0.717) is 0 Å². The SMILES string of the molecule is Cc1ccc(S(=O)(=O)c2cc(F)c(C)c(F)c2)cc1C. The van der Waals surface area contributed by atoms with Crippen LogP contribution in [0.25, 0.3) is 0 Å². The molecule has 0 aliphatic heterocycles. The molecule has 2 aromatic carbocycles. The summed E-state index contributed by atoms with van der Waals surface area (Å²) < 4.78 is 51.8. The van der Waals surface area contributed by atoms with E-state index in [1.807, 2.05) is 6.92 Å². The second-order valence-corrected chi connectivity index (χ2v) is 6.71. The van der Waals surface area contributed by atoms with Crippen LogP contribution < -0.4 is 0 Å². The molecule has 2 rings (SSSR count). The van der Waals surface area contributed by atoms with Gasteiger partial charge in [-0.1, -0.05) is 6.07 Å². The van der Waals surface area contributed by atoms with Crippen LogP contribution in [0.2, 0.25) is 0 Å². The first-order valence-electron chi connectivity index (χ1n) is 6.01. The third-order valence-electron chi connectivity index (χ3n) is 3.35. The van der Waals surface area contributed by atoms with Gasteiger partial charge in [-0.2, -0.15) is 0 Å². The third kappa shape index (κ3) is 2.45. The van der Waals surface area contributed by atoms with Crippen LogP contribution in [0.1, 0.15) is 16.7 Å². The summed E-state index contributed by atoms with van der Waals surface area (Å²) in [5.74, 6) is -1.74. The fraction of sp³-hybridized carbons (Fsp3) is 0.200. The zero-order chi connectivity index (χ0) is 15.1. The number of hydrogen-bond acceptors (Lipinski definition) is 2. The van der Waals surface area contributed by atoms with Gasteiger partial charge in [-0.15, -0.1) is 0 Å². The summed E-state index contributed by atoms with van der Waals surface area (Å²) in [7, 11) is -3.92. The highest BCUT2D eigenvalue weighted by molar-refractivity contribution is 7.91. The lowest BCUT2D eigenvalue weighted by Gasteiger charge is -2.09. The van der Waals surface area contributed by atoms with Gasteiger partial charge in [-0.25, -0.2) is 17.2 Å². The van der Waals surface area contributed by atoms with E-state index in [1.54, 1.807) is 13.0 Å². The molecule has 0 N–H and O–H groups in total. The standard InChI is InChI=1S/C15H14F2O2S/c1-9-4-5-12(6-10(9)2)20(18,19)13-7-14(16)11(3)15(17)8-13/h4-8H,1-3H3. The molecule has 0 unspecified atom stereocenters. The first-order chi connectivity index (χ1) is 9.23. The van der Waals surface area contributed by atoms with Gasteiger partial charge in [-0.3, -0.25) is 0 Å². The van der Waals surface area contributed by atoms with Gasteiger partial charge in [0.15, 0.2) is 0 Å². The third-order valence-corrected chi connectivity index (χ3v) is 5.08. The van der Waals surface area contributed by atoms with Crippen LogP contribution >= 0.6 is 0 Å². The molecule has 20 heavy (non-hydrogen) atoms. The molecule has 0 spiro atoms. The average Bonchev–Trinajstić information content (AvgIpc) is 2.38. The van der Waals surface area contributed by atoms with E-state index in [4.69, 9.17) is 0 Å². The Labute approximate surface area is 117 Å². The summed E-state index contributed by atoms with van der Waals surface area (Å²) in [4.78, 5) is -0.343. The molecule has 0 saturated heterocycles. The van der Waals surface area contributed by atoms with Gasteiger partial charge in [0.1, 0.15) is 11.6 Å². The predicted molar refractivity (Wildman–Crippen MR) is 72.5 cm³/mol. The maximum absolute atomic E-state index is 13.5. The Hall–Kier alpha value is -1.75. The molecule has 0 fully saturated rings. The topological polar surface area (TPSA) is 34.1 Å². The fourth-order valence-electron chi connectivity index (χ4n) is 1.79. The Bertz CT molecular complexity index is 757. The Morgan fingerprint density at radius 2 is 1.35 bits per heavy atom. The van der Waals surface area contributed by atoms with E-state index < -0.39 is 21.5 Å². The molecule has 2 aromatic rings. The van der Waals surface area contributed by atoms with E-state index in [2.05, 4.69) is 0 Å². The summed E-state index contributed by atoms with van der Waals surface area (Å²) in [5, 5.41) is 0. The predicted octanol–water partition coefficient (Wildman–Crippen LogP) is 3.72. The lowest BCUT2D eigenvalue weighted by molar-refractivity contribution is 0.555. The quantitative estimate of drug-likeness (QED) is 0.846. The van der Waals surface area contributed by atoms with Crippen molar-refractivity contribution < 1.29 is 17.2 Å². The second kappa shape index (κ2) is 4.98. The van der Waals surface area contributed by atoms with Crippen LogP contribution in [0.5, 0.6) is 0 Å². The van der Waals surface area contributed by atoms with Crippen molar-refractivity contribution in [1.29, 1.82) is 0 Å². The van der Waals surface area contributed by atoms with Crippen LogP contribution in [0.4, 0.5) is 8.78 Å². The largest absolute Gasteiger partial charge is 0.219 e. The van der Waals surface area contributed by atoms with Crippen LogP contribution in [-0.2, 0) is 9.84 Å². The second-order valence-electron chi connectivity index (χ2n) is 4.76. The Balaban J connectivity index is 2.63. The van der Waals surface area contributed by atoms with Gasteiger partial charge < -0.3 is 0 Å². The number of benzene rings is 2. The van der Waals surface area contributed by atoms with Crippen molar-refractivity contribution in [2.24, 2.45) is 0 Å². The number of halogens is 2. The minimum atomic E-state index is -3.92. The lowest BCUT2D eigenvalue weighted by atomic mass is 10.1. The maximum atomic E-state index is 13.5. The van der Waals surface area contributed by atoms with E-state index in [1.165, 1.54) is 19.1 Å². The molecular weight excluding hydrogens is 282 g/mol. The molecule has 106 valence electrons. The molecule has 0 aromatic heterocycles. The van der Waals surface area contributed by atoms with E-state index in [-0.39, 0.29) is 15.4 Å². The van der Waals surface area contributed by atoms with Crippen LogP contribution in [0.3, 0.4) is 0 Å². The van der Waals surface area contributed by atoms with Crippen molar-refractivity contribution >= 4 is 9.84 Å². The van der Waals surface area contributed by atoms with Gasteiger partial charge >= 0.3 is 0 Å². The van der Waals surface area contributed by atoms with Crippen molar-refractivity contribution in [3.63, 3.8) is 0 Å². The smallest absolute Gasteiger partial charge is 0.206 e. The molecule has 0 bridgehead atoms. The van der Waals surface area contributed by atoms with Gasteiger partial charge in [0.2, 0.25) is 9.84 Å². The molecular formula is C15H14F2O2S. The van der Waals surface area contributed by atoms with Crippen LogP contribution in [-0.4, -0.2) is 8.42 Å². The van der Waals surface area contributed by atoms with Gasteiger partial charge in [-0.05, 0) is 56.2 Å². The first-order valence-corrected chi connectivity index (χ1v) is 7.50. The molecule has 0 radical (unpaired) electrons. The van der Waals surface area contributed by atoms with Crippen molar-refractivity contribution in [3.05, 3.63) is 58.7 Å². The molecule has 0 amide bonds. The van der Waals surface area contributed by atoms with Gasteiger partial charge in [0.05, 0.1) is 9.79 Å². The monoisotopic (exact) mass is 296 g/mol. The van der Waals surface area contributed by atoms with E-state index in [9.17, 15) is 17.2 Å². The molecule has 0 atom stereocenters. The zero-order valence-electron chi connectivity index (χ0n) is 11.4. The highest BCUT2D eigenvalue weighted by Crippen LogP contribution is 2.25. The minimum absolute atomic E-state index is 0.0308. The normalized spacial score (nSPS) is 11.7. The summed E-state index contributed by atoms with van der Waals surface area (Å²) in [6, 6.07) is 6.31. The molecule has 0 aliphatic carbocycles. The van der Waals surface area contributed by atoms with Crippen LogP contribution in [0.15, 0.2) is 40.1 Å². The lowest BCUT2D eigenvalue weighted by Crippen LogP contribution is -2.05. The first kappa shape index (κ1) is 14.7. The Morgan fingerprint density at radius 3 is 1.85 bits per heavy atom. The summed E-state index contributed by atoms with van der Waals surface area (Å²) in [6.07, 6.45) is 0. The average molecular weight is 296 g/mol. The van der Waals surface area contributed by atoms with Gasteiger partial charge in [0, 0.05) is 5.56 Å². The van der Waals surface area contributed by atoms with Crippen molar-refractivity contribution in [2.45, 2.75) is 30.6 Å². The summed E-state index contributed by atoms with van der Waals surface area (Å²) >= 11 is 0.